The number of nitrogens with zero attached hydrogens (tertiary/aromatic N) is 1. The second-order valence-electron chi connectivity index (χ2n) is 8.36. The van der Waals surface area contributed by atoms with Gasteiger partial charge in [-0.3, -0.25) is 0 Å². The summed E-state index contributed by atoms with van der Waals surface area (Å²) in [6, 6.07) is 7.08. The van der Waals surface area contributed by atoms with Crippen molar-refractivity contribution in [3.63, 3.8) is 0 Å². The van der Waals surface area contributed by atoms with E-state index < -0.39 is 18.1 Å². The zero-order chi connectivity index (χ0) is 21.4. The normalized spacial score (nSPS) is 21.3. The van der Waals surface area contributed by atoms with Crippen molar-refractivity contribution in [2.45, 2.75) is 64.8 Å². The maximum atomic E-state index is 12.4. The maximum absolute atomic E-state index is 12.4. The number of amides is 1. The fraction of sp³-hybridized carbons (Fsp3) is 0.652. The molecule has 0 aromatic heterocycles. The topological polar surface area (TPSA) is 67.9 Å². The Labute approximate surface area is 174 Å². The van der Waals surface area contributed by atoms with E-state index in [0.29, 0.717) is 5.75 Å². The highest BCUT2D eigenvalue weighted by atomic mass is 16.6. The molecule has 1 aliphatic rings. The lowest BCUT2D eigenvalue weighted by molar-refractivity contribution is -0.146. The Morgan fingerprint density at radius 1 is 1.24 bits per heavy atom. The second kappa shape index (κ2) is 10.6. The lowest BCUT2D eigenvalue weighted by atomic mass is 9.74. The van der Waals surface area contributed by atoms with E-state index in [1.54, 1.807) is 13.0 Å². The van der Waals surface area contributed by atoms with Crippen molar-refractivity contribution < 1.29 is 19.1 Å². The zero-order valence-electron chi connectivity index (χ0n) is 18.5. The van der Waals surface area contributed by atoms with Crippen LogP contribution in [0.2, 0.25) is 0 Å². The van der Waals surface area contributed by atoms with E-state index in [-0.39, 0.29) is 17.9 Å². The number of carbonyl (C=O) groups excluding carboxylic acids is 2. The number of hydrogen-bond acceptors (Lipinski definition) is 5. The predicted molar refractivity (Wildman–Crippen MR) is 114 cm³/mol. The van der Waals surface area contributed by atoms with Crippen LogP contribution >= 0.6 is 0 Å². The molecule has 0 spiro atoms. The molecule has 6 nitrogen and oxygen atoms in total. The van der Waals surface area contributed by atoms with Crippen LogP contribution in [0.5, 0.6) is 5.75 Å². The molecule has 2 rings (SSSR count). The molecule has 1 amide bonds. The molecular formula is C23H36N2O4. The Morgan fingerprint density at radius 2 is 2.00 bits per heavy atom. The standard InChI is InChI=1S/C23H36N2O4/c1-6-23(13-8-9-14-25(5)16-23)18-11-10-12-19(15-18)29-22(27)24-20(17(3)4)21(26)28-7-2/h10-12,15,17,20H,6-9,13-14,16H2,1-5H3,(H,24,27). The third kappa shape index (κ3) is 6.20. The Kier molecular flexibility index (Phi) is 8.50. The summed E-state index contributed by atoms with van der Waals surface area (Å²) in [5.74, 6) is -0.0523. The highest BCUT2D eigenvalue weighted by Gasteiger charge is 2.33. The van der Waals surface area contributed by atoms with Gasteiger partial charge in [-0.25, -0.2) is 9.59 Å². The first-order chi connectivity index (χ1) is 13.8. The molecule has 1 N–H and O–H groups in total. The maximum Gasteiger partial charge on any atom is 0.413 e. The summed E-state index contributed by atoms with van der Waals surface area (Å²) in [6.45, 7) is 10.1. The summed E-state index contributed by atoms with van der Waals surface area (Å²) in [4.78, 5) is 26.9. The monoisotopic (exact) mass is 404 g/mol. The molecule has 1 aromatic rings. The predicted octanol–water partition coefficient (Wildman–Crippen LogP) is 4.13. The Balaban J connectivity index is 2.14. The van der Waals surface area contributed by atoms with E-state index in [4.69, 9.17) is 9.47 Å². The molecular weight excluding hydrogens is 368 g/mol. The van der Waals surface area contributed by atoms with Gasteiger partial charge >= 0.3 is 12.1 Å². The molecule has 1 fully saturated rings. The molecule has 1 aromatic carbocycles. The van der Waals surface area contributed by atoms with Gasteiger partial charge in [0, 0.05) is 12.0 Å². The van der Waals surface area contributed by atoms with E-state index in [0.717, 1.165) is 25.9 Å². The van der Waals surface area contributed by atoms with Crippen LogP contribution in [0.15, 0.2) is 24.3 Å². The van der Waals surface area contributed by atoms with Gasteiger partial charge in [-0.05, 0) is 63.4 Å². The Bertz CT molecular complexity index is 691. The lowest BCUT2D eigenvalue weighted by Gasteiger charge is -2.35. The van der Waals surface area contributed by atoms with Crippen LogP contribution in [0.25, 0.3) is 0 Å². The molecule has 162 valence electrons. The van der Waals surface area contributed by atoms with Crippen molar-refractivity contribution in [1.82, 2.24) is 10.2 Å². The number of esters is 1. The average molecular weight is 405 g/mol. The smallest absolute Gasteiger partial charge is 0.413 e. The molecule has 0 saturated carbocycles. The summed E-state index contributed by atoms with van der Waals surface area (Å²) in [5.41, 5.74) is 1.26. The number of benzene rings is 1. The molecule has 6 heteroatoms. The largest absolute Gasteiger partial charge is 0.464 e. The molecule has 2 unspecified atom stereocenters. The average Bonchev–Trinajstić information content (AvgIpc) is 2.88. The molecule has 1 saturated heterocycles. The molecule has 1 aliphatic heterocycles. The van der Waals surface area contributed by atoms with Crippen molar-refractivity contribution in [2.24, 2.45) is 5.92 Å². The van der Waals surface area contributed by atoms with Crippen LogP contribution in [-0.2, 0) is 14.9 Å². The molecule has 0 aliphatic carbocycles. The number of hydrogen-bond donors (Lipinski definition) is 1. The minimum absolute atomic E-state index is 0.0620. The lowest BCUT2D eigenvalue weighted by Crippen LogP contribution is -2.46. The fourth-order valence-electron chi connectivity index (χ4n) is 4.13. The summed E-state index contributed by atoms with van der Waals surface area (Å²) in [5, 5.41) is 2.65. The number of ether oxygens (including phenoxy) is 2. The first-order valence-electron chi connectivity index (χ1n) is 10.8. The van der Waals surface area contributed by atoms with E-state index in [2.05, 4.69) is 30.3 Å². The summed E-state index contributed by atoms with van der Waals surface area (Å²) in [7, 11) is 2.17. The van der Waals surface area contributed by atoms with Gasteiger partial charge < -0.3 is 19.7 Å². The summed E-state index contributed by atoms with van der Waals surface area (Å²) >= 11 is 0. The molecule has 0 radical (unpaired) electrons. The van der Waals surface area contributed by atoms with Gasteiger partial charge in [-0.2, -0.15) is 0 Å². The van der Waals surface area contributed by atoms with Gasteiger partial charge in [0.25, 0.3) is 0 Å². The third-order valence-corrected chi connectivity index (χ3v) is 5.83. The number of likely N-dealkylation sites (N-methyl/N-ethyl adjacent to an activating group) is 1. The minimum Gasteiger partial charge on any atom is -0.464 e. The highest BCUT2D eigenvalue weighted by Crippen LogP contribution is 2.37. The zero-order valence-corrected chi connectivity index (χ0v) is 18.5. The fourth-order valence-corrected chi connectivity index (χ4v) is 4.13. The molecule has 1 heterocycles. The van der Waals surface area contributed by atoms with Crippen molar-refractivity contribution in [2.75, 3.05) is 26.7 Å². The third-order valence-electron chi connectivity index (χ3n) is 5.83. The van der Waals surface area contributed by atoms with Gasteiger partial charge in [-0.1, -0.05) is 39.3 Å². The van der Waals surface area contributed by atoms with Gasteiger partial charge in [0.15, 0.2) is 0 Å². The SMILES string of the molecule is CCOC(=O)C(NC(=O)Oc1cccc(C2(CC)CCCCN(C)C2)c1)C(C)C. The minimum atomic E-state index is -0.733. The van der Waals surface area contributed by atoms with Crippen molar-refractivity contribution in [3.05, 3.63) is 29.8 Å². The van der Waals surface area contributed by atoms with Gasteiger partial charge in [0.1, 0.15) is 11.8 Å². The molecule has 0 bridgehead atoms. The van der Waals surface area contributed by atoms with Gasteiger partial charge in [-0.15, -0.1) is 0 Å². The Hall–Kier alpha value is -2.08. The van der Waals surface area contributed by atoms with Crippen molar-refractivity contribution >= 4 is 12.1 Å². The number of carbonyl (C=O) groups is 2. The second-order valence-corrected chi connectivity index (χ2v) is 8.36. The van der Waals surface area contributed by atoms with Crippen LogP contribution < -0.4 is 10.1 Å². The summed E-state index contributed by atoms with van der Waals surface area (Å²) < 4.78 is 10.6. The molecule has 2 atom stereocenters. The van der Waals surface area contributed by atoms with Gasteiger partial charge in [0.05, 0.1) is 6.61 Å². The quantitative estimate of drug-likeness (QED) is 0.692. The van der Waals surface area contributed by atoms with Crippen LogP contribution in [0.3, 0.4) is 0 Å². The van der Waals surface area contributed by atoms with Crippen LogP contribution in [0.1, 0.15) is 58.9 Å². The van der Waals surface area contributed by atoms with E-state index in [1.165, 1.54) is 18.4 Å². The van der Waals surface area contributed by atoms with Crippen molar-refractivity contribution in [3.8, 4) is 5.75 Å². The number of rotatable bonds is 7. The van der Waals surface area contributed by atoms with Crippen molar-refractivity contribution in [1.29, 1.82) is 0 Å². The van der Waals surface area contributed by atoms with Crippen LogP contribution in [0, 0.1) is 5.92 Å². The van der Waals surface area contributed by atoms with Gasteiger partial charge in [0.2, 0.25) is 0 Å². The van der Waals surface area contributed by atoms with E-state index >= 15 is 0 Å². The van der Waals surface area contributed by atoms with E-state index in [9.17, 15) is 9.59 Å². The first kappa shape index (κ1) is 23.2. The summed E-state index contributed by atoms with van der Waals surface area (Å²) in [6.07, 6.45) is 3.92. The highest BCUT2D eigenvalue weighted by molar-refractivity contribution is 5.82. The number of nitrogens with one attached hydrogen (secondary N) is 1. The van der Waals surface area contributed by atoms with Crippen LogP contribution in [-0.4, -0.2) is 49.7 Å². The first-order valence-corrected chi connectivity index (χ1v) is 10.8. The molecule has 29 heavy (non-hydrogen) atoms. The Morgan fingerprint density at radius 3 is 2.66 bits per heavy atom. The number of likely N-dealkylation sites (tertiary alicyclic amines) is 1. The van der Waals surface area contributed by atoms with E-state index in [1.807, 2.05) is 26.0 Å². The van der Waals surface area contributed by atoms with Crippen LogP contribution in [0.4, 0.5) is 4.79 Å².